The van der Waals surface area contributed by atoms with Crippen molar-refractivity contribution < 1.29 is 9.53 Å². The molecule has 78 valence electrons. The normalized spacial score (nSPS) is 15.4. The summed E-state index contributed by atoms with van der Waals surface area (Å²) in [7, 11) is 0. The van der Waals surface area contributed by atoms with Crippen LogP contribution >= 0.6 is 0 Å². The summed E-state index contributed by atoms with van der Waals surface area (Å²) < 4.78 is 5.30. The van der Waals surface area contributed by atoms with Crippen LogP contribution in [0.25, 0.3) is 0 Å². The monoisotopic (exact) mass is 194 g/mol. The summed E-state index contributed by atoms with van der Waals surface area (Å²) in [6, 6.07) is 0. The maximum atomic E-state index is 11.7. The highest BCUT2D eigenvalue weighted by molar-refractivity contribution is 6.02. The summed E-state index contributed by atoms with van der Waals surface area (Å²) in [5, 5.41) is 0. The molecule has 0 saturated heterocycles. The van der Waals surface area contributed by atoms with Gasteiger partial charge in [0.05, 0.1) is 6.61 Å². The van der Waals surface area contributed by atoms with Crippen molar-refractivity contribution in [2.75, 3.05) is 6.61 Å². The molecule has 0 aromatic carbocycles. The topological polar surface area (TPSA) is 26.3 Å². The van der Waals surface area contributed by atoms with Crippen molar-refractivity contribution in [2.45, 2.75) is 39.5 Å². The van der Waals surface area contributed by atoms with Crippen molar-refractivity contribution in [3.63, 3.8) is 0 Å². The molecule has 1 heterocycles. The molecule has 0 amide bonds. The molecule has 2 nitrogen and oxygen atoms in total. The van der Waals surface area contributed by atoms with Gasteiger partial charge in [0, 0.05) is 0 Å². The summed E-state index contributed by atoms with van der Waals surface area (Å²) in [6.07, 6.45) is 7.48. The third-order valence-corrected chi connectivity index (χ3v) is 2.42. The minimum absolute atomic E-state index is 0.0309. The largest absolute Gasteiger partial charge is 0.490 e. The van der Waals surface area contributed by atoms with Crippen LogP contribution in [0.2, 0.25) is 0 Å². The Morgan fingerprint density at radius 1 is 1.50 bits per heavy atom. The van der Waals surface area contributed by atoms with Crippen molar-refractivity contribution >= 4 is 5.78 Å². The van der Waals surface area contributed by atoms with E-state index in [1.54, 1.807) is 6.08 Å². The van der Waals surface area contributed by atoms with E-state index in [-0.39, 0.29) is 5.78 Å². The van der Waals surface area contributed by atoms with E-state index in [1.807, 2.05) is 6.08 Å². The predicted molar refractivity (Wildman–Crippen MR) is 56.9 cm³/mol. The molecule has 0 unspecified atom stereocenters. The van der Waals surface area contributed by atoms with Gasteiger partial charge in [-0.3, -0.25) is 4.79 Å². The van der Waals surface area contributed by atoms with Crippen LogP contribution in [0.5, 0.6) is 0 Å². The Hall–Kier alpha value is -1.05. The third kappa shape index (κ3) is 3.02. The zero-order valence-electron chi connectivity index (χ0n) is 9.01. The number of rotatable bonds is 4. The molecule has 0 N–H and O–H groups in total. The number of allylic oxidation sites excluding steroid dienone is 3. The lowest BCUT2D eigenvalue weighted by molar-refractivity contribution is -0.114. The summed E-state index contributed by atoms with van der Waals surface area (Å²) in [5.74, 6) is 0.569. The van der Waals surface area contributed by atoms with E-state index in [0.29, 0.717) is 12.4 Å². The van der Waals surface area contributed by atoms with Gasteiger partial charge in [0.1, 0.15) is 0 Å². The van der Waals surface area contributed by atoms with Crippen LogP contribution in [0.1, 0.15) is 39.5 Å². The summed E-state index contributed by atoms with van der Waals surface area (Å²) in [6.45, 7) is 4.82. The van der Waals surface area contributed by atoms with Crippen LogP contribution in [-0.4, -0.2) is 12.4 Å². The Kier molecular flexibility index (Phi) is 4.44. The maximum absolute atomic E-state index is 11.7. The summed E-state index contributed by atoms with van der Waals surface area (Å²) >= 11 is 0. The first kappa shape index (κ1) is 11.0. The molecule has 0 fully saturated rings. The van der Waals surface area contributed by atoms with Crippen LogP contribution in [0, 0.1) is 0 Å². The average molecular weight is 194 g/mol. The third-order valence-electron chi connectivity index (χ3n) is 2.42. The molecule has 0 saturated carbocycles. The second-order valence-electron chi connectivity index (χ2n) is 3.43. The predicted octanol–water partition coefficient (Wildman–Crippen LogP) is 3.00. The van der Waals surface area contributed by atoms with Gasteiger partial charge >= 0.3 is 0 Å². The first-order valence-electron chi connectivity index (χ1n) is 5.34. The Bertz CT molecular complexity index is 255. The molecule has 1 rings (SSSR count). The van der Waals surface area contributed by atoms with E-state index in [1.165, 1.54) is 5.57 Å². The van der Waals surface area contributed by atoms with Crippen molar-refractivity contribution in [3.05, 3.63) is 23.5 Å². The van der Waals surface area contributed by atoms with Crippen LogP contribution in [0.4, 0.5) is 0 Å². The lowest BCUT2D eigenvalue weighted by Crippen LogP contribution is -2.09. The molecule has 0 radical (unpaired) electrons. The zero-order chi connectivity index (χ0) is 10.4. The zero-order valence-corrected chi connectivity index (χ0v) is 9.01. The molecule has 0 aromatic heterocycles. The molecule has 0 atom stereocenters. The highest BCUT2D eigenvalue weighted by Gasteiger charge is 2.11. The SMILES string of the molecule is CCC(=CC(=O)C1=CCCCO1)CC. The molecule has 0 spiro atoms. The van der Waals surface area contributed by atoms with E-state index >= 15 is 0 Å². The Balaban J connectivity index is 2.64. The van der Waals surface area contributed by atoms with E-state index in [2.05, 4.69) is 13.8 Å². The molecule has 1 aliphatic heterocycles. The van der Waals surface area contributed by atoms with E-state index in [0.717, 1.165) is 25.7 Å². The average Bonchev–Trinajstić information content (AvgIpc) is 2.26. The highest BCUT2D eigenvalue weighted by atomic mass is 16.5. The van der Waals surface area contributed by atoms with Gasteiger partial charge in [-0.1, -0.05) is 19.4 Å². The number of ether oxygens (including phenoxy) is 1. The van der Waals surface area contributed by atoms with Gasteiger partial charge < -0.3 is 4.74 Å². The number of carbonyl (C=O) groups excluding carboxylic acids is 1. The van der Waals surface area contributed by atoms with Crippen LogP contribution in [0.3, 0.4) is 0 Å². The van der Waals surface area contributed by atoms with Gasteiger partial charge in [0.2, 0.25) is 5.78 Å². The highest BCUT2D eigenvalue weighted by Crippen LogP contribution is 2.14. The van der Waals surface area contributed by atoms with Crippen LogP contribution in [0.15, 0.2) is 23.5 Å². The van der Waals surface area contributed by atoms with Gasteiger partial charge in [-0.15, -0.1) is 0 Å². The molecule has 1 aliphatic rings. The van der Waals surface area contributed by atoms with Crippen molar-refractivity contribution in [1.29, 1.82) is 0 Å². The summed E-state index contributed by atoms with van der Waals surface area (Å²) in [4.78, 5) is 11.7. The Labute approximate surface area is 85.6 Å². The quantitative estimate of drug-likeness (QED) is 0.643. The van der Waals surface area contributed by atoms with E-state index in [9.17, 15) is 4.79 Å². The Morgan fingerprint density at radius 3 is 2.71 bits per heavy atom. The lowest BCUT2D eigenvalue weighted by Gasteiger charge is -2.12. The Morgan fingerprint density at radius 2 is 2.21 bits per heavy atom. The van der Waals surface area contributed by atoms with Gasteiger partial charge in [0.15, 0.2) is 5.76 Å². The van der Waals surface area contributed by atoms with Gasteiger partial charge in [-0.2, -0.15) is 0 Å². The molecule has 2 heteroatoms. The molecular formula is C12H18O2. The molecule has 0 bridgehead atoms. The first-order valence-corrected chi connectivity index (χ1v) is 5.34. The standard InChI is InChI=1S/C12H18O2/c1-3-10(4-2)9-11(13)12-7-5-6-8-14-12/h7,9H,3-6,8H2,1-2H3. The fourth-order valence-electron chi connectivity index (χ4n) is 1.44. The van der Waals surface area contributed by atoms with E-state index in [4.69, 9.17) is 4.74 Å². The molecule has 0 aliphatic carbocycles. The lowest BCUT2D eigenvalue weighted by atomic mass is 10.1. The minimum atomic E-state index is 0.0309. The maximum Gasteiger partial charge on any atom is 0.219 e. The molecule has 14 heavy (non-hydrogen) atoms. The first-order chi connectivity index (χ1) is 6.77. The number of hydrogen-bond donors (Lipinski definition) is 0. The van der Waals surface area contributed by atoms with Gasteiger partial charge in [-0.25, -0.2) is 0 Å². The number of ketones is 1. The van der Waals surface area contributed by atoms with Gasteiger partial charge in [0.25, 0.3) is 0 Å². The molecule has 0 aromatic rings. The number of hydrogen-bond acceptors (Lipinski definition) is 2. The fraction of sp³-hybridized carbons (Fsp3) is 0.583. The number of carbonyl (C=O) groups is 1. The van der Waals surface area contributed by atoms with Crippen LogP contribution in [-0.2, 0) is 9.53 Å². The van der Waals surface area contributed by atoms with E-state index < -0.39 is 0 Å². The summed E-state index contributed by atoms with van der Waals surface area (Å²) in [5.41, 5.74) is 1.19. The van der Waals surface area contributed by atoms with Crippen LogP contribution < -0.4 is 0 Å². The van der Waals surface area contributed by atoms with Crippen molar-refractivity contribution in [2.24, 2.45) is 0 Å². The molecular weight excluding hydrogens is 176 g/mol. The fourth-order valence-corrected chi connectivity index (χ4v) is 1.44. The second kappa shape index (κ2) is 5.63. The van der Waals surface area contributed by atoms with Gasteiger partial charge in [-0.05, 0) is 37.8 Å². The van der Waals surface area contributed by atoms with Crippen molar-refractivity contribution in [3.8, 4) is 0 Å². The minimum Gasteiger partial charge on any atom is -0.490 e. The second-order valence-corrected chi connectivity index (χ2v) is 3.43. The van der Waals surface area contributed by atoms with Crippen molar-refractivity contribution in [1.82, 2.24) is 0 Å². The smallest absolute Gasteiger partial charge is 0.219 e.